The van der Waals surface area contributed by atoms with Gasteiger partial charge in [-0.3, -0.25) is 4.79 Å². The first-order chi connectivity index (χ1) is 6.15. The molecule has 70 valence electrons. The Morgan fingerprint density at radius 3 is 2.77 bits per heavy atom. The van der Waals surface area contributed by atoms with E-state index in [4.69, 9.17) is 0 Å². The van der Waals surface area contributed by atoms with E-state index in [0.29, 0.717) is 0 Å². The van der Waals surface area contributed by atoms with Crippen LogP contribution in [0.25, 0.3) is 0 Å². The first-order valence-electron chi connectivity index (χ1n) is 4.20. The number of nitrogens with one attached hydrogen (secondary N) is 1. The second kappa shape index (κ2) is 4.42. The van der Waals surface area contributed by atoms with E-state index in [1.807, 2.05) is 18.2 Å². The maximum absolute atomic E-state index is 10.9. The van der Waals surface area contributed by atoms with Crippen molar-refractivity contribution in [1.82, 2.24) is 0 Å². The van der Waals surface area contributed by atoms with Crippen molar-refractivity contribution in [3.05, 3.63) is 28.2 Å². The molecule has 0 aliphatic carbocycles. The summed E-state index contributed by atoms with van der Waals surface area (Å²) < 4.78 is 1.04. The lowest BCUT2D eigenvalue weighted by molar-refractivity contribution is -0.114. The van der Waals surface area contributed by atoms with Gasteiger partial charge in [-0.05, 0) is 24.1 Å². The molecule has 0 spiro atoms. The Hall–Kier alpha value is -0.830. The van der Waals surface area contributed by atoms with Crippen LogP contribution < -0.4 is 5.32 Å². The minimum absolute atomic E-state index is 0.0344. The van der Waals surface area contributed by atoms with Crippen molar-refractivity contribution < 1.29 is 4.79 Å². The summed E-state index contributed by atoms with van der Waals surface area (Å²) in [6.07, 6.45) is 0.900. The van der Waals surface area contributed by atoms with Gasteiger partial charge in [0.05, 0.1) is 0 Å². The molecule has 1 amide bonds. The highest BCUT2D eigenvalue weighted by molar-refractivity contribution is 9.10. The van der Waals surface area contributed by atoms with Crippen LogP contribution in [-0.2, 0) is 11.2 Å². The molecule has 2 nitrogen and oxygen atoms in total. The summed E-state index contributed by atoms with van der Waals surface area (Å²) in [4.78, 5) is 10.9. The molecule has 1 aromatic carbocycles. The van der Waals surface area contributed by atoms with Crippen LogP contribution >= 0.6 is 15.9 Å². The Balaban J connectivity index is 3.05. The lowest BCUT2D eigenvalue weighted by Crippen LogP contribution is -2.08. The number of carbonyl (C=O) groups is 1. The number of anilines is 1. The normalized spacial score (nSPS) is 9.77. The molecule has 0 fully saturated rings. The van der Waals surface area contributed by atoms with Gasteiger partial charge >= 0.3 is 0 Å². The Bertz CT molecular complexity index is 323. The smallest absolute Gasteiger partial charge is 0.221 e. The Morgan fingerprint density at radius 2 is 2.23 bits per heavy atom. The van der Waals surface area contributed by atoms with Crippen molar-refractivity contribution in [1.29, 1.82) is 0 Å². The Kier molecular flexibility index (Phi) is 3.48. The van der Waals surface area contributed by atoms with E-state index in [-0.39, 0.29) is 5.91 Å². The largest absolute Gasteiger partial charge is 0.326 e. The fourth-order valence-corrected chi connectivity index (χ4v) is 1.87. The SMILES string of the molecule is CCc1c(Br)cccc1NC(C)=O. The van der Waals surface area contributed by atoms with Gasteiger partial charge in [-0.1, -0.05) is 28.9 Å². The van der Waals surface area contributed by atoms with E-state index in [0.717, 1.165) is 22.1 Å². The Morgan fingerprint density at radius 1 is 1.54 bits per heavy atom. The fourth-order valence-electron chi connectivity index (χ4n) is 1.22. The highest BCUT2D eigenvalue weighted by Crippen LogP contribution is 2.24. The predicted molar refractivity (Wildman–Crippen MR) is 57.8 cm³/mol. The first-order valence-corrected chi connectivity index (χ1v) is 4.99. The van der Waals surface area contributed by atoms with Gasteiger partial charge in [0.25, 0.3) is 0 Å². The molecule has 0 aromatic heterocycles. The molecule has 0 atom stereocenters. The standard InChI is InChI=1S/C10H12BrNO/c1-3-8-9(11)5-4-6-10(8)12-7(2)13/h4-6H,3H2,1-2H3,(H,12,13). The van der Waals surface area contributed by atoms with Gasteiger partial charge in [0.1, 0.15) is 0 Å². The average molecular weight is 242 g/mol. The molecule has 0 unspecified atom stereocenters. The third kappa shape index (κ3) is 2.56. The van der Waals surface area contributed by atoms with Gasteiger partial charge in [0, 0.05) is 17.1 Å². The zero-order valence-electron chi connectivity index (χ0n) is 7.73. The van der Waals surface area contributed by atoms with Crippen molar-refractivity contribution >= 4 is 27.5 Å². The maximum Gasteiger partial charge on any atom is 0.221 e. The molecular formula is C10H12BrNO. The summed E-state index contributed by atoms with van der Waals surface area (Å²) in [5.41, 5.74) is 2.03. The van der Waals surface area contributed by atoms with E-state index in [1.165, 1.54) is 6.92 Å². The summed E-state index contributed by atoms with van der Waals surface area (Å²) >= 11 is 3.45. The summed E-state index contributed by atoms with van der Waals surface area (Å²) in [5, 5.41) is 2.80. The van der Waals surface area contributed by atoms with Gasteiger partial charge in [-0.2, -0.15) is 0 Å². The third-order valence-electron chi connectivity index (χ3n) is 1.78. The summed E-state index contributed by atoms with van der Waals surface area (Å²) in [6, 6.07) is 5.80. The van der Waals surface area contributed by atoms with Crippen molar-refractivity contribution in [2.75, 3.05) is 5.32 Å². The van der Waals surface area contributed by atoms with Crippen LogP contribution in [0.3, 0.4) is 0 Å². The molecule has 1 rings (SSSR count). The predicted octanol–water partition coefficient (Wildman–Crippen LogP) is 2.97. The van der Waals surface area contributed by atoms with Crippen LogP contribution in [0.4, 0.5) is 5.69 Å². The van der Waals surface area contributed by atoms with Crippen molar-refractivity contribution in [2.45, 2.75) is 20.3 Å². The first kappa shape index (κ1) is 10.3. The summed E-state index contributed by atoms with van der Waals surface area (Å²) in [7, 11) is 0. The topological polar surface area (TPSA) is 29.1 Å². The molecule has 13 heavy (non-hydrogen) atoms. The van der Waals surface area contributed by atoms with E-state index in [9.17, 15) is 4.79 Å². The molecule has 1 aromatic rings. The molecule has 0 bridgehead atoms. The fraction of sp³-hybridized carbons (Fsp3) is 0.300. The van der Waals surface area contributed by atoms with Gasteiger partial charge in [-0.15, -0.1) is 0 Å². The number of carbonyl (C=O) groups excluding carboxylic acids is 1. The monoisotopic (exact) mass is 241 g/mol. The zero-order valence-corrected chi connectivity index (χ0v) is 9.31. The van der Waals surface area contributed by atoms with Crippen LogP contribution in [-0.4, -0.2) is 5.91 Å². The van der Waals surface area contributed by atoms with Gasteiger partial charge in [0.2, 0.25) is 5.91 Å². The van der Waals surface area contributed by atoms with Crippen LogP contribution in [0.2, 0.25) is 0 Å². The lowest BCUT2D eigenvalue weighted by atomic mass is 10.1. The number of rotatable bonds is 2. The van der Waals surface area contributed by atoms with E-state index in [2.05, 4.69) is 28.2 Å². The van der Waals surface area contributed by atoms with Crippen LogP contribution in [0.1, 0.15) is 19.4 Å². The summed E-state index contributed by atoms with van der Waals surface area (Å²) in [5.74, 6) is -0.0344. The molecule has 1 N–H and O–H groups in total. The van der Waals surface area contributed by atoms with Crippen LogP contribution in [0.15, 0.2) is 22.7 Å². The molecule has 0 saturated heterocycles. The molecule has 0 aliphatic rings. The van der Waals surface area contributed by atoms with Gasteiger partial charge in [-0.25, -0.2) is 0 Å². The number of halogens is 1. The highest BCUT2D eigenvalue weighted by Gasteiger charge is 2.04. The van der Waals surface area contributed by atoms with Crippen molar-refractivity contribution in [3.63, 3.8) is 0 Å². The second-order valence-corrected chi connectivity index (χ2v) is 3.66. The van der Waals surface area contributed by atoms with Crippen molar-refractivity contribution in [2.24, 2.45) is 0 Å². The zero-order chi connectivity index (χ0) is 9.84. The van der Waals surface area contributed by atoms with Crippen LogP contribution in [0.5, 0.6) is 0 Å². The quantitative estimate of drug-likeness (QED) is 0.848. The minimum atomic E-state index is -0.0344. The van der Waals surface area contributed by atoms with E-state index in [1.54, 1.807) is 0 Å². The number of hydrogen-bond donors (Lipinski definition) is 1. The third-order valence-corrected chi connectivity index (χ3v) is 2.53. The van der Waals surface area contributed by atoms with Gasteiger partial charge in [0.15, 0.2) is 0 Å². The van der Waals surface area contributed by atoms with Crippen LogP contribution in [0, 0.1) is 0 Å². The van der Waals surface area contributed by atoms with Crippen molar-refractivity contribution in [3.8, 4) is 0 Å². The molecule has 3 heteroatoms. The molecule has 0 radical (unpaired) electrons. The maximum atomic E-state index is 10.9. The number of benzene rings is 1. The molecule has 0 aliphatic heterocycles. The second-order valence-electron chi connectivity index (χ2n) is 2.80. The van der Waals surface area contributed by atoms with Gasteiger partial charge < -0.3 is 5.32 Å². The summed E-state index contributed by atoms with van der Waals surface area (Å²) in [6.45, 7) is 3.58. The number of amides is 1. The van der Waals surface area contributed by atoms with E-state index >= 15 is 0 Å². The van der Waals surface area contributed by atoms with E-state index < -0.39 is 0 Å². The average Bonchev–Trinajstić information content (AvgIpc) is 2.03. The lowest BCUT2D eigenvalue weighted by Gasteiger charge is -2.09. The number of hydrogen-bond acceptors (Lipinski definition) is 1. The molecule has 0 heterocycles. The molecule has 0 saturated carbocycles. The highest BCUT2D eigenvalue weighted by atomic mass is 79.9. The molecular weight excluding hydrogens is 230 g/mol. The Labute approximate surface area is 86.5 Å². The minimum Gasteiger partial charge on any atom is -0.326 e.